The molecule has 0 atom stereocenters. The summed E-state index contributed by atoms with van der Waals surface area (Å²) in [7, 11) is 0. The van der Waals surface area contributed by atoms with E-state index in [4.69, 9.17) is 21.6 Å². The Bertz CT molecular complexity index is 432. The average Bonchev–Trinajstić information content (AvgIpc) is 3.03. The van der Waals surface area contributed by atoms with Gasteiger partial charge in [-0.05, 0) is 43.9 Å². The summed E-state index contributed by atoms with van der Waals surface area (Å²) < 4.78 is 5.37. The summed E-state index contributed by atoms with van der Waals surface area (Å²) in [5.41, 5.74) is 1.00. The van der Waals surface area contributed by atoms with Gasteiger partial charge >= 0.3 is 0 Å². The van der Waals surface area contributed by atoms with Crippen molar-refractivity contribution in [3.05, 3.63) is 28.8 Å². The zero-order valence-corrected chi connectivity index (χ0v) is 10.0. The van der Waals surface area contributed by atoms with E-state index in [-0.39, 0.29) is 5.41 Å². The number of nitrogens with zero attached hydrogens (tertiary/aromatic N) is 1. The van der Waals surface area contributed by atoms with E-state index in [1.165, 1.54) is 0 Å². The van der Waals surface area contributed by atoms with Crippen LogP contribution in [0.3, 0.4) is 0 Å². The molecular formula is C13H14ClNO. The SMILES string of the molecule is CCOc1ccc(CC2(C#N)CC2)cc1Cl. The minimum Gasteiger partial charge on any atom is -0.492 e. The second kappa shape index (κ2) is 4.35. The van der Waals surface area contributed by atoms with Crippen LogP contribution < -0.4 is 4.74 Å². The first-order valence-electron chi connectivity index (χ1n) is 5.51. The molecule has 1 aromatic carbocycles. The third-order valence-electron chi connectivity index (χ3n) is 2.93. The van der Waals surface area contributed by atoms with Crippen molar-refractivity contribution in [3.63, 3.8) is 0 Å². The summed E-state index contributed by atoms with van der Waals surface area (Å²) in [6.07, 6.45) is 2.82. The lowest BCUT2D eigenvalue weighted by atomic mass is 9.98. The summed E-state index contributed by atoms with van der Waals surface area (Å²) in [5, 5.41) is 9.65. The molecule has 1 saturated carbocycles. The lowest BCUT2D eigenvalue weighted by Gasteiger charge is -2.09. The third kappa shape index (κ3) is 2.31. The van der Waals surface area contributed by atoms with Crippen LogP contribution in [0.2, 0.25) is 5.02 Å². The van der Waals surface area contributed by atoms with Gasteiger partial charge in [0.1, 0.15) is 5.75 Å². The predicted molar refractivity (Wildman–Crippen MR) is 63.6 cm³/mol. The van der Waals surface area contributed by atoms with Crippen molar-refractivity contribution in [1.29, 1.82) is 5.26 Å². The van der Waals surface area contributed by atoms with Crippen LogP contribution in [0.1, 0.15) is 25.3 Å². The van der Waals surface area contributed by atoms with E-state index in [1.54, 1.807) is 0 Å². The first kappa shape index (κ1) is 11.3. The van der Waals surface area contributed by atoms with Crippen LogP contribution >= 0.6 is 11.6 Å². The van der Waals surface area contributed by atoms with E-state index in [0.717, 1.165) is 30.6 Å². The van der Waals surface area contributed by atoms with Gasteiger partial charge in [-0.25, -0.2) is 0 Å². The van der Waals surface area contributed by atoms with Crippen molar-refractivity contribution in [1.82, 2.24) is 0 Å². The van der Waals surface area contributed by atoms with Crippen molar-refractivity contribution in [2.24, 2.45) is 5.41 Å². The van der Waals surface area contributed by atoms with Gasteiger partial charge in [0.2, 0.25) is 0 Å². The molecule has 1 aliphatic carbocycles. The monoisotopic (exact) mass is 235 g/mol. The van der Waals surface area contributed by atoms with E-state index in [2.05, 4.69) is 6.07 Å². The molecule has 0 aliphatic heterocycles. The van der Waals surface area contributed by atoms with Crippen LogP contribution in [0.4, 0.5) is 0 Å². The van der Waals surface area contributed by atoms with Gasteiger partial charge in [-0.15, -0.1) is 0 Å². The summed E-state index contributed by atoms with van der Waals surface area (Å²) in [6, 6.07) is 8.17. The Hall–Kier alpha value is -1.20. The molecule has 2 rings (SSSR count). The number of ether oxygens (including phenoxy) is 1. The van der Waals surface area contributed by atoms with E-state index in [1.807, 2.05) is 25.1 Å². The van der Waals surface area contributed by atoms with Crippen molar-refractivity contribution in [3.8, 4) is 11.8 Å². The third-order valence-corrected chi connectivity index (χ3v) is 3.22. The molecule has 1 aromatic rings. The molecule has 3 heteroatoms. The second-order valence-corrected chi connectivity index (χ2v) is 4.67. The van der Waals surface area contributed by atoms with Gasteiger partial charge in [-0.3, -0.25) is 0 Å². The normalized spacial score (nSPS) is 16.6. The van der Waals surface area contributed by atoms with Gasteiger partial charge in [0, 0.05) is 0 Å². The Kier molecular flexibility index (Phi) is 3.07. The smallest absolute Gasteiger partial charge is 0.137 e. The molecule has 0 N–H and O–H groups in total. The molecule has 84 valence electrons. The van der Waals surface area contributed by atoms with Gasteiger partial charge in [0.15, 0.2) is 0 Å². The van der Waals surface area contributed by atoms with E-state index in [9.17, 15) is 0 Å². The molecule has 2 nitrogen and oxygen atoms in total. The van der Waals surface area contributed by atoms with Gasteiger partial charge in [-0.2, -0.15) is 5.26 Å². The lowest BCUT2D eigenvalue weighted by molar-refractivity contribution is 0.340. The molecule has 0 aromatic heterocycles. The van der Waals surface area contributed by atoms with Crippen LogP contribution in [0.25, 0.3) is 0 Å². The van der Waals surface area contributed by atoms with E-state index < -0.39 is 0 Å². The van der Waals surface area contributed by atoms with Crippen molar-refractivity contribution >= 4 is 11.6 Å². The largest absolute Gasteiger partial charge is 0.492 e. The van der Waals surface area contributed by atoms with E-state index in [0.29, 0.717) is 11.6 Å². The lowest BCUT2D eigenvalue weighted by Crippen LogP contribution is -2.01. The highest BCUT2D eigenvalue weighted by atomic mass is 35.5. The molecular weight excluding hydrogens is 222 g/mol. The minimum atomic E-state index is -0.115. The zero-order chi connectivity index (χ0) is 11.6. The number of benzene rings is 1. The Morgan fingerprint density at radius 3 is 2.75 bits per heavy atom. The van der Waals surface area contributed by atoms with Crippen molar-refractivity contribution in [2.45, 2.75) is 26.2 Å². The molecule has 0 saturated heterocycles. The zero-order valence-electron chi connectivity index (χ0n) is 9.29. The summed E-state index contributed by atoms with van der Waals surface area (Å²) >= 11 is 6.09. The highest BCUT2D eigenvalue weighted by Crippen LogP contribution is 2.48. The number of rotatable bonds is 4. The van der Waals surface area contributed by atoms with Crippen molar-refractivity contribution < 1.29 is 4.74 Å². The first-order valence-corrected chi connectivity index (χ1v) is 5.89. The predicted octanol–water partition coefficient (Wildman–Crippen LogP) is 3.58. The Morgan fingerprint density at radius 2 is 2.25 bits per heavy atom. The molecule has 0 unspecified atom stereocenters. The molecule has 1 aliphatic rings. The van der Waals surface area contributed by atoms with Crippen molar-refractivity contribution in [2.75, 3.05) is 6.61 Å². The minimum absolute atomic E-state index is 0.115. The number of halogens is 1. The second-order valence-electron chi connectivity index (χ2n) is 4.27. The Labute approximate surface area is 101 Å². The van der Waals surface area contributed by atoms with Crippen LogP contribution in [0, 0.1) is 16.7 Å². The molecule has 0 radical (unpaired) electrons. The van der Waals surface area contributed by atoms with Gasteiger partial charge in [0.05, 0.1) is 23.1 Å². The molecule has 1 fully saturated rings. The maximum Gasteiger partial charge on any atom is 0.137 e. The van der Waals surface area contributed by atoms with Crippen LogP contribution in [0.5, 0.6) is 5.75 Å². The summed E-state index contributed by atoms with van der Waals surface area (Å²) in [6.45, 7) is 2.54. The van der Waals surface area contributed by atoms with Gasteiger partial charge in [0.25, 0.3) is 0 Å². The first-order chi connectivity index (χ1) is 7.69. The summed E-state index contributed by atoms with van der Waals surface area (Å²) in [5.74, 6) is 0.717. The quantitative estimate of drug-likeness (QED) is 0.799. The fraction of sp³-hybridized carbons (Fsp3) is 0.462. The van der Waals surface area contributed by atoms with E-state index >= 15 is 0 Å². The van der Waals surface area contributed by atoms with Gasteiger partial charge < -0.3 is 4.74 Å². The standard InChI is InChI=1S/C13H14ClNO/c1-2-16-12-4-3-10(7-11(12)14)8-13(9-15)5-6-13/h3-4,7H,2,5-6,8H2,1H3. The van der Waals surface area contributed by atoms with Crippen LogP contribution in [-0.2, 0) is 6.42 Å². The Morgan fingerprint density at radius 1 is 1.50 bits per heavy atom. The van der Waals surface area contributed by atoms with Gasteiger partial charge in [-0.1, -0.05) is 17.7 Å². The molecule has 0 spiro atoms. The molecule has 0 amide bonds. The van der Waals surface area contributed by atoms with Crippen LogP contribution in [-0.4, -0.2) is 6.61 Å². The molecule has 0 heterocycles. The van der Waals surface area contributed by atoms with Crippen LogP contribution in [0.15, 0.2) is 18.2 Å². The summed E-state index contributed by atoms with van der Waals surface area (Å²) in [4.78, 5) is 0. The molecule has 16 heavy (non-hydrogen) atoms. The topological polar surface area (TPSA) is 33.0 Å². The highest BCUT2D eigenvalue weighted by Gasteiger charge is 2.42. The number of nitriles is 1. The fourth-order valence-corrected chi connectivity index (χ4v) is 2.05. The number of hydrogen-bond donors (Lipinski definition) is 0. The fourth-order valence-electron chi connectivity index (χ4n) is 1.80. The highest BCUT2D eigenvalue weighted by molar-refractivity contribution is 6.32. The number of hydrogen-bond acceptors (Lipinski definition) is 2. The average molecular weight is 236 g/mol. The molecule has 0 bridgehead atoms. The maximum absolute atomic E-state index is 9.02. The maximum atomic E-state index is 9.02. The Balaban J connectivity index is 2.12.